The lowest BCUT2D eigenvalue weighted by molar-refractivity contribution is 0.0417. The van der Waals surface area contributed by atoms with Crippen molar-refractivity contribution in [3.8, 4) is 11.5 Å². The van der Waals surface area contributed by atoms with Gasteiger partial charge in [-0.15, -0.1) is 10.2 Å². The molecular formula is C17H20FN3O2. The van der Waals surface area contributed by atoms with Gasteiger partial charge in [0, 0.05) is 25.8 Å². The van der Waals surface area contributed by atoms with Gasteiger partial charge in [0.25, 0.3) is 5.89 Å². The lowest BCUT2D eigenvalue weighted by atomic mass is 10.1. The minimum absolute atomic E-state index is 0.242. The number of benzene rings is 1. The number of hydrogen-bond donors (Lipinski definition) is 0. The summed E-state index contributed by atoms with van der Waals surface area (Å²) in [5.74, 6) is 0.796. The lowest BCUT2D eigenvalue weighted by Crippen LogP contribution is -2.37. The minimum atomic E-state index is -0.335. The Bertz CT molecular complexity index is 669. The third kappa shape index (κ3) is 3.01. The molecule has 4 rings (SSSR count). The van der Waals surface area contributed by atoms with E-state index in [0.717, 1.165) is 45.6 Å². The summed E-state index contributed by atoms with van der Waals surface area (Å²) < 4.78 is 25.0. The number of nitrogens with zero attached hydrogens (tertiary/aromatic N) is 3. The van der Waals surface area contributed by atoms with Crippen molar-refractivity contribution in [3.63, 3.8) is 0 Å². The van der Waals surface area contributed by atoms with Gasteiger partial charge in [0.2, 0.25) is 5.89 Å². The van der Waals surface area contributed by atoms with Crippen molar-refractivity contribution < 1.29 is 13.5 Å². The number of ether oxygens (including phenoxy) is 1. The van der Waals surface area contributed by atoms with Crippen molar-refractivity contribution in [1.29, 1.82) is 0 Å². The van der Waals surface area contributed by atoms with Crippen LogP contribution in [0.5, 0.6) is 0 Å². The number of rotatable bonds is 3. The molecule has 0 amide bonds. The van der Waals surface area contributed by atoms with Gasteiger partial charge in [0.05, 0.1) is 11.5 Å². The van der Waals surface area contributed by atoms with E-state index >= 15 is 0 Å². The molecule has 1 aromatic heterocycles. The molecule has 2 aliphatic rings. The fourth-order valence-electron chi connectivity index (χ4n) is 3.51. The van der Waals surface area contributed by atoms with Gasteiger partial charge in [-0.3, -0.25) is 4.90 Å². The van der Waals surface area contributed by atoms with Crippen LogP contribution in [0, 0.1) is 5.82 Å². The van der Waals surface area contributed by atoms with Gasteiger partial charge in [0.1, 0.15) is 5.82 Å². The van der Waals surface area contributed by atoms with Gasteiger partial charge in [0.15, 0.2) is 0 Å². The first kappa shape index (κ1) is 14.8. The zero-order valence-corrected chi connectivity index (χ0v) is 12.9. The van der Waals surface area contributed by atoms with Crippen LogP contribution >= 0.6 is 0 Å². The lowest BCUT2D eigenvalue weighted by Gasteiger charge is -2.30. The Morgan fingerprint density at radius 3 is 2.74 bits per heavy atom. The highest BCUT2D eigenvalue weighted by Crippen LogP contribution is 2.31. The largest absolute Gasteiger partial charge is 0.420 e. The minimum Gasteiger partial charge on any atom is -0.420 e. The molecule has 6 heteroatoms. The topological polar surface area (TPSA) is 51.4 Å². The zero-order chi connectivity index (χ0) is 15.6. The Balaban J connectivity index is 1.46. The molecule has 0 unspecified atom stereocenters. The summed E-state index contributed by atoms with van der Waals surface area (Å²) in [5, 5.41) is 8.19. The number of hydrogen-bond acceptors (Lipinski definition) is 5. The van der Waals surface area contributed by atoms with E-state index in [0.29, 0.717) is 17.5 Å². The summed E-state index contributed by atoms with van der Waals surface area (Å²) >= 11 is 0. The molecule has 2 fully saturated rings. The molecule has 1 aromatic carbocycles. The quantitative estimate of drug-likeness (QED) is 0.871. The third-order valence-corrected chi connectivity index (χ3v) is 4.82. The zero-order valence-electron chi connectivity index (χ0n) is 12.9. The van der Waals surface area contributed by atoms with Gasteiger partial charge in [-0.1, -0.05) is 12.1 Å². The SMILES string of the molecule is Fc1ccccc1-c1nnc([C@H]2CCN(C3CCOCC3)C2)o1. The highest BCUT2D eigenvalue weighted by atomic mass is 19.1. The summed E-state index contributed by atoms with van der Waals surface area (Å²) in [7, 11) is 0. The van der Waals surface area contributed by atoms with Crippen LogP contribution < -0.4 is 0 Å². The standard InChI is InChI=1S/C17H20FN3O2/c18-15-4-2-1-3-14(15)17-20-19-16(23-17)12-5-8-21(11-12)13-6-9-22-10-7-13/h1-4,12-13H,5-11H2/t12-/m0/s1. The molecule has 0 bridgehead atoms. The van der Waals surface area contributed by atoms with Gasteiger partial charge in [-0.25, -0.2) is 4.39 Å². The Kier molecular flexibility index (Phi) is 4.10. The van der Waals surface area contributed by atoms with Crippen LogP contribution in [0.2, 0.25) is 0 Å². The first-order valence-electron chi connectivity index (χ1n) is 8.21. The second kappa shape index (κ2) is 6.37. The molecule has 23 heavy (non-hydrogen) atoms. The van der Waals surface area contributed by atoms with Crippen molar-refractivity contribution in [2.24, 2.45) is 0 Å². The van der Waals surface area contributed by atoms with Gasteiger partial charge in [-0.05, 0) is 37.9 Å². The molecule has 1 atom stereocenters. The van der Waals surface area contributed by atoms with Crippen molar-refractivity contribution in [2.75, 3.05) is 26.3 Å². The van der Waals surface area contributed by atoms with E-state index in [9.17, 15) is 4.39 Å². The first-order chi connectivity index (χ1) is 11.3. The van der Waals surface area contributed by atoms with E-state index in [1.807, 2.05) is 0 Å². The van der Waals surface area contributed by atoms with E-state index in [-0.39, 0.29) is 17.6 Å². The van der Waals surface area contributed by atoms with Gasteiger partial charge >= 0.3 is 0 Å². The summed E-state index contributed by atoms with van der Waals surface area (Å²) in [4.78, 5) is 2.50. The molecule has 2 aromatic rings. The first-order valence-corrected chi connectivity index (χ1v) is 8.21. The summed E-state index contributed by atoms with van der Waals surface area (Å²) in [6.45, 7) is 3.68. The summed E-state index contributed by atoms with van der Waals surface area (Å²) in [6.07, 6.45) is 3.20. The number of likely N-dealkylation sites (tertiary alicyclic amines) is 1. The second-order valence-corrected chi connectivity index (χ2v) is 6.25. The fourth-order valence-corrected chi connectivity index (χ4v) is 3.51. The Morgan fingerprint density at radius 1 is 1.09 bits per heavy atom. The molecule has 0 radical (unpaired) electrons. The molecular weight excluding hydrogens is 297 g/mol. The number of halogens is 1. The van der Waals surface area contributed by atoms with Crippen LogP contribution in [0.1, 0.15) is 31.1 Å². The smallest absolute Gasteiger partial charge is 0.250 e. The maximum atomic E-state index is 13.8. The monoisotopic (exact) mass is 317 g/mol. The van der Waals surface area contributed by atoms with Crippen LogP contribution in [-0.4, -0.2) is 47.4 Å². The second-order valence-electron chi connectivity index (χ2n) is 6.25. The Hall–Kier alpha value is -1.79. The van der Waals surface area contributed by atoms with Crippen LogP contribution in [0.4, 0.5) is 4.39 Å². The maximum Gasteiger partial charge on any atom is 0.250 e. The van der Waals surface area contributed by atoms with E-state index < -0.39 is 0 Å². The molecule has 0 aliphatic carbocycles. The maximum absolute atomic E-state index is 13.8. The van der Waals surface area contributed by atoms with Gasteiger partial charge < -0.3 is 9.15 Å². The van der Waals surface area contributed by atoms with E-state index in [1.165, 1.54) is 6.07 Å². The summed E-state index contributed by atoms with van der Waals surface area (Å²) in [5.41, 5.74) is 0.366. The van der Waals surface area contributed by atoms with Crippen molar-refractivity contribution in [1.82, 2.24) is 15.1 Å². The Morgan fingerprint density at radius 2 is 1.91 bits per heavy atom. The van der Waals surface area contributed by atoms with Crippen LogP contribution in [0.3, 0.4) is 0 Å². The predicted molar refractivity (Wildman–Crippen MR) is 82.5 cm³/mol. The Labute approximate surface area is 134 Å². The van der Waals surface area contributed by atoms with Gasteiger partial charge in [-0.2, -0.15) is 0 Å². The molecule has 122 valence electrons. The third-order valence-electron chi connectivity index (χ3n) is 4.82. The van der Waals surface area contributed by atoms with Crippen molar-refractivity contribution in [2.45, 2.75) is 31.2 Å². The van der Waals surface area contributed by atoms with E-state index in [1.54, 1.807) is 18.2 Å². The highest BCUT2D eigenvalue weighted by molar-refractivity contribution is 5.53. The average Bonchev–Trinajstić information content (AvgIpc) is 3.25. The molecule has 2 saturated heterocycles. The molecule has 0 spiro atoms. The van der Waals surface area contributed by atoms with Crippen molar-refractivity contribution in [3.05, 3.63) is 36.0 Å². The molecule has 3 heterocycles. The normalized spacial score (nSPS) is 23.4. The van der Waals surface area contributed by atoms with Crippen LogP contribution in [-0.2, 0) is 4.74 Å². The highest BCUT2D eigenvalue weighted by Gasteiger charge is 2.33. The van der Waals surface area contributed by atoms with Crippen molar-refractivity contribution >= 4 is 0 Å². The molecule has 5 nitrogen and oxygen atoms in total. The average molecular weight is 317 g/mol. The predicted octanol–water partition coefficient (Wildman–Crippen LogP) is 2.84. The van der Waals surface area contributed by atoms with Crippen LogP contribution in [0.15, 0.2) is 28.7 Å². The number of aromatic nitrogens is 2. The molecule has 0 saturated carbocycles. The van der Waals surface area contributed by atoms with E-state index in [4.69, 9.17) is 9.15 Å². The van der Waals surface area contributed by atoms with E-state index in [2.05, 4.69) is 15.1 Å². The fraction of sp³-hybridized carbons (Fsp3) is 0.529. The van der Waals surface area contributed by atoms with Crippen LogP contribution in [0.25, 0.3) is 11.5 Å². The molecule has 0 N–H and O–H groups in total. The summed E-state index contributed by atoms with van der Waals surface area (Å²) in [6, 6.07) is 7.09. The molecule has 2 aliphatic heterocycles.